The predicted octanol–water partition coefficient (Wildman–Crippen LogP) is 0.628. The fourth-order valence-electron chi connectivity index (χ4n) is 1.41. The zero-order valence-corrected chi connectivity index (χ0v) is 11.1. The summed E-state index contributed by atoms with van der Waals surface area (Å²) in [5, 5.41) is -0.0493. The fourth-order valence-corrected chi connectivity index (χ4v) is 2.46. The molecule has 0 unspecified atom stereocenters. The minimum absolute atomic E-state index is 0.0493. The summed E-state index contributed by atoms with van der Waals surface area (Å²) in [6, 6.07) is 0. The number of nitrogens with zero attached hydrogens (tertiary/aromatic N) is 4. The van der Waals surface area contributed by atoms with Gasteiger partial charge >= 0.3 is 0 Å². The molecule has 0 fully saturated rings. The zero-order valence-electron chi connectivity index (χ0n) is 10.2. The molecule has 0 aliphatic rings. The maximum absolute atomic E-state index is 12.0. The highest BCUT2D eigenvalue weighted by atomic mass is 32.2. The van der Waals surface area contributed by atoms with Crippen LogP contribution in [-0.4, -0.2) is 27.9 Å². The van der Waals surface area contributed by atoms with Crippen LogP contribution in [0.3, 0.4) is 0 Å². The molecule has 2 aromatic rings. The molecular weight excluding hydrogens is 254 g/mol. The second-order valence-electron chi connectivity index (χ2n) is 3.93. The van der Waals surface area contributed by atoms with Crippen molar-refractivity contribution >= 4 is 15.8 Å². The molecule has 0 atom stereocenters. The predicted molar refractivity (Wildman–Crippen MR) is 65.5 cm³/mol. The first-order valence-corrected chi connectivity index (χ1v) is 6.68. The van der Waals surface area contributed by atoms with Gasteiger partial charge in [-0.1, -0.05) is 0 Å². The average molecular weight is 267 g/mol. The van der Waals surface area contributed by atoms with Crippen LogP contribution in [0.25, 0.3) is 0 Å². The molecule has 0 aliphatic carbocycles. The SMILES string of the molecule is Cc1cnc(NS(=O)(=O)c2cn(C)cn2)c(C)n1. The lowest BCUT2D eigenvalue weighted by Crippen LogP contribution is -2.16. The van der Waals surface area contributed by atoms with E-state index in [9.17, 15) is 8.42 Å². The fraction of sp³-hybridized carbons (Fsp3) is 0.300. The van der Waals surface area contributed by atoms with Gasteiger partial charge in [-0.3, -0.25) is 9.71 Å². The minimum Gasteiger partial charge on any atom is -0.339 e. The first kappa shape index (κ1) is 12.5. The summed E-state index contributed by atoms with van der Waals surface area (Å²) in [5.41, 5.74) is 1.25. The zero-order chi connectivity index (χ0) is 13.3. The van der Waals surface area contributed by atoms with Gasteiger partial charge in [-0.15, -0.1) is 0 Å². The van der Waals surface area contributed by atoms with E-state index in [-0.39, 0.29) is 10.8 Å². The highest BCUT2D eigenvalue weighted by Crippen LogP contribution is 2.14. The van der Waals surface area contributed by atoms with Crippen molar-refractivity contribution in [3.8, 4) is 0 Å². The summed E-state index contributed by atoms with van der Waals surface area (Å²) in [7, 11) is -2.01. The molecule has 1 N–H and O–H groups in total. The van der Waals surface area contributed by atoms with E-state index in [1.165, 1.54) is 18.7 Å². The number of rotatable bonds is 3. The van der Waals surface area contributed by atoms with E-state index in [1.807, 2.05) is 0 Å². The van der Waals surface area contributed by atoms with E-state index >= 15 is 0 Å². The molecule has 0 spiro atoms. The van der Waals surface area contributed by atoms with Crippen molar-refractivity contribution in [2.75, 3.05) is 4.72 Å². The molecule has 2 heterocycles. The van der Waals surface area contributed by atoms with Crippen molar-refractivity contribution in [2.24, 2.45) is 7.05 Å². The molecular formula is C10H13N5O2S. The maximum atomic E-state index is 12.0. The van der Waals surface area contributed by atoms with Gasteiger partial charge in [0.05, 0.1) is 23.9 Å². The van der Waals surface area contributed by atoms with Gasteiger partial charge in [-0.25, -0.2) is 9.97 Å². The molecule has 0 aromatic carbocycles. The first-order valence-electron chi connectivity index (χ1n) is 5.19. The normalized spacial score (nSPS) is 11.5. The van der Waals surface area contributed by atoms with E-state index < -0.39 is 10.0 Å². The van der Waals surface area contributed by atoms with Crippen molar-refractivity contribution in [1.29, 1.82) is 0 Å². The Labute approximate surface area is 105 Å². The summed E-state index contributed by atoms with van der Waals surface area (Å²) in [5.74, 6) is 0.214. The van der Waals surface area contributed by atoms with Crippen molar-refractivity contribution in [2.45, 2.75) is 18.9 Å². The Morgan fingerprint density at radius 1 is 1.28 bits per heavy atom. The highest BCUT2D eigenvalue weighted by Gasteiger charge is 2.19. The molecule has 0 saturated heterocycles. The van der Waals surface area contributed by atoms with Crippen molar-refractivity contribution in [1.82, 2.24) is 19.5 Å². The summed E-state index contributed by atoms with van der Waals surface area (Å²) in [6.45, 7) is 3.48. The van der Waals surface area contributed by atoms with Crippen LogP contribution in [0.4, 0.5) is 5.82 Å². The minimum atomic E-state index is -3.71. The van der Waals surface area contributed by atoms with Crippen molar-refractivity contribution in [3.63, 3.8) is 0 Å². The molecule has 0 saturated carbocycles. The Hall–Kier alpha value is -1.96. The van der Waals surface area contributed by atoms with Crippen LogP contribution < -0.4 is 4.72 Å². The third-order valence-corrected chi connectivity index (χ3v) is 3.48. The smallest absolute Gasteiger partial charge is 0.282 e. The Balaban J connectivity index is 2.33. The van der Waals surface area contributed by atoms with Gasteiger partial charge in [0.1, 0.15) is 0 Å². The van der Waals surface area contributed by atoms with Crippen LogP contribution in [0.1, 0.15) is 11.4 Å². The number of sulfonamides is 1. The standard InChI is InChI=1S/C10H13N5O2S/c1-7-4-11-10(8(2)13-7)14-18(16,17)9-5-15(3)6-12-9/h4-6H,1-3H3,(H,11,14). The summed E-state index contributed by atoms with van der Waals surface area (Å²) in [4.78, 5) is 11.9. The molecule has 96 valence electrons. The lowest BCUT2D eigenvalue weighted by atomic mass is 10.4. The van der Waals surface area contributed by atoms with Crippen LogP contribution in [0.2, 0.25) is 0 Å². The quantitative estimate of drug-likeness (QED) is 0.880. The van der Waals surface area contributed by atoms with E-state index in [4.69, 9.17) is 0 Å². The number of anilines is 1. The van der Waals surface area contributed by atoms with Crippen molar-refractivity contribution in [3.05, 3.63) is 30.1 Å². The molecule has 0 radical (unpaired) electrons. The van der Waals surface area contributed by atoms with Gasteiger partial charge in [0.2, 0.25) is 0 Å². The molecule has 2 rings (SSSR count). The summed E-state index contributed by atoms with van der Waals surface area (Å²) in [6.07, 6.45) is 4.34. The number of hydrogen-bond donors (Lipinski definition) is 1. The number of hydrogen-bond acceptors (Lipinski definition) is 5. The van der Waals surface area contributed by atoms with Gasteiger partial charge in [-0.2, -0.15) is 8.42 Å². The van der Waals surface area contributed by atoms with Crippen LogP contribution in [0.5, 0.6) is 0 Å². The highest BCUT2D eigenvalue weighted by molar-refractivity contribution is 7.92. The molecule has 0 aliphatic heterocycles. The second kappa shape index (κ2) is 4.37. The van der Waals surface area contributed by atoms with E-state index in [1.54, 1.807) is 25.5 Å². The third kappa shape index (κ3) is 2.48. The number of nitrogens with one attached hydrogen (secondary N) is 1. The van der Waals surface area contributed by atoms with E-state index in [0.29, 0.717) is 5.69 Å². The molecule has 0 bridgehead atoms. The Kier molecular flexibility index (Phi) is 3.04. The first-order chi connectivity index (χ1) is 8.38. The molecule has 8 heteroatoms. The second-order valence-corrected chi connectivity index (χ2v) is 5.56. The molecule has 0 amide bonds. The van der Waals surface area contributed by atoms with Crippen LogP contribution in [-0.2, 0) is 17.1 Å². The number of imidazole rings is 1. The maximum Gasteiger partial charge on any atom is 0.282 e. The topological polar surface area (TPSA) is 89.8 Å². The Morgan fingerprint density at radius 3 is 2.56 bits per heavy atom. The average Bonchev–Trinajstić information content (AvgIpc) is 2.70. The lowest BCUT2D eigenvalue weighted by molar-refractivity contribution is 0.597. The van der Waals surface area contributed by atoms with Crippen LogP contribution in [0, 0.1) is 13.8 Å². The number of aryl methyl sites for hydroxylation is 3. The number of aromatic nitrogens is 4. The third-order valence-electron chi connectivity index (χ3n) is 2.25. The molecule has 2 aromatic heterocycles. The van der Waals surface area contributed by atoms with Gasteiger partial charge in [0, 0.05) is 13.2 Å². The monoisotopic (exact) mass is 267 g/mol. The summed E-state index contributed by atoms with van der Waals surface area (Å²) < 4.78 is 27.9. The Bertz CT molecular complexity index is 677. The van der Waals surface area contributed by atoms with Crippen LogP contribution in [0.15, 0.2) is 23.7 Å². The van der Waals surface area contributed by atoms with E-state index in [0.717, 1.165) is 5.69 Å². The Morgan fingerprint density at radius 2 is 2.00 bits per heavy atom. The van der Waals surface area contributed by atoms with Gasteiger partial charge in [0.15, 0.2) is 10.8 Å². The summed E-state index contributed by atoms with van der Waals surface area (Å²) >= 11 is 0. The molecule has 18 heavy (non-hydrogen) atoms. The largest absolute Gasteiger partial charge is 0.339 e. The van der Waals surface area contributed by atoms with Crippen LogP contribution >= 0.6 is 0 Å². The molecule has 7 nitrogen and oxygen atoms in total. The van der Waals surface area contributed by atoms with E-state index in [2.05, 4.69) is 19.7 Å². The van der Waals surface area contributed by atoms with Gasteiger partial charge in [0.25, 0.3) is 10.0 Å². The van der Waals surface area contributed by atoms with Gasteiger partial charge in [-0.05, 0) is 13.8 Å². The van der Waals surface area contributed by atoms with Gasteiger partial charge < -0.3 is 4.57 Å². The lowest BCUT2D eigenvalue weighted by Gasteiger charge is -2.07. The van der Waals surface area contributed by atoms with Crippen molar-refractivity contribution < 1.29 is 8.42 Å².